The van der Waals surface area contributed by atoms with Crippen molar-refractivity contribution in [3.05, 3.63) is 24.5 Å². The van der Waals surface area contributed by atoms with Crippen LogP contribution in [0, 0.1) is 6.20 Å². The number of pyridine rings is 1. The van der Waals surface area contributed by atoms with Gasteiger partial charge in [0.25, 0.3) is 0 Å². The number of hydrazine groups is 1. The zero-order valence-electron chi connectivity index (χ0n) is 7.66. The van der Waals surface area contributed by atoms with Crippen LogP contribution in [0.3, 0.4) is 0 Å². The molecule has 1 aliphatic heterocycles. The summed E-state index contributed by atoms with van der Waals surface area (Å²) in [6, 6.07) is 3.98. The first-order valence-corrected chi connectivity index (χ1v) is 4.80. The van der Waals surface area contributed by atoms with Crippen molar-refractivity contribution in [2.24, 2.45) is 0 Å². The summed E-state index contributed by atoms with van der Waals surface area (Å²) in [6.45, 7) is 2.12. The van der Waals surface area contributed by atoms with Crippen LogP contribution in [-0.4, -0.2) is 18.1 Å². The minimum absolute atomic E-state index is 1.05. The van der Waals surface area contributed by atoms with Crippen LogP contribution in [0.1, 0.15) is 19.3 Å². The van der Waals surface area contributed by atoms with Crippen LogP contribution in [0.4, 0.5) is 5.69 Å². The summed E-state index contributed by atoms with van der Waals surface area (Å²) in [4.78, 5) is 3.98. The van der Waals surface area contributed by atoms with E-state index in [9.17, 15) is 0 Å². The number of hydrogen-bond donors (Lipinski definition) is 1. The molecule has 0 saturated carbocycles. The quantitative estimate of drug-likeness (QED) is 0.700. The van der Waals surface area contributed by atoms with Crippen molar-refractivity contribution in [2.45, 2.75) is 19.3 Å². The molecule has 0 amide bonds. The van der Waals surface area contributed by atoms with E-state index in [4.69, 9.17) is 0 Å². The predicted molar refractivity (Wildman–Crippen MR) is 52.3 cm³/mol. The first kappa shape index (κ1) is 8.51. The van der Waals surface area contributed by atoms with Gasteiger partial charge in [-0.1, -0.05) is 6.42 Å². The number of nitrogens with zero attached hydrogens (tertiary/aromatic N) is 2. The average Bonchev–Trinajstić information content (AvgIpc) is 2.47. The Labute approximate surface area is 78.7 Å². The Morgan fingerprint density at radius 3 is 3.23 bits per heavy atom. The van der Waals surface area contributed by atoms with Gasteiger partial charge in [-0.25, -0.2) is 5.43 Å². The molecular formula is C10H14N3. The van der Waals surface area contributed by atoms with Crippen LogP contribution >= 0.6 is 0 Å². The van der Waals surface area contributed by atoms with Crippen molar-refractivity contribution in [3.63, 3.8) is 0 Å². The molecule has 0 aromatic carbocycles. The van der Waals surface area contributed by atoms with Crippen molar-refractivity contribution in [1.82, 2.24) is 10.4 Å². The van der Waals surface area contributed by atoms with Crippen molar-refractivity contribution >= 4 is 5.69 Å². The lowest BCUT2D eigenvalue weighted by atomic mass is 10.2. The van der Waals surface area contributed by atoms with Gasteiger partial charge in [0.2, 0.25) is 0 Å². The van der Waals surface area contributed by atoms with E-state index in [0.717, 1.165) is 18.8 Å². The summed E-state index contributed by atoms with van der Waals surface area (Å²) in [6.07, 6.45) is 8.55. The Bertz CT molecular complexity index is 240. The fraction of sp³-hybridized carbons (Fsp3) is 0.500. The molecule has 69 valence electrons. The maximum absolute atomic E-state index is 3.98. The van der Waals surface area contributed by atoms with E-state index in [1.54, 1.807) is 6.20 Å². The highest BCUT2D eigenvalue weighted by Crippen LogP contribution is 2.12. The largest absolute Gasteiger partial charge is 0.306 e. The van der Waals surface area contributed by atoms with Crippen LogP contribution in [-0.2, 0) is 0 Å². The van der Waals surface area contributed by atoms with E-state index in [1.807, 2.05) is 12.1 Å². The fourth-order valence-electron chi connectivity index (χ4n) is 1.54. The summed E-state index contributed by atoms with van der Waals surface area (Å²) < 4.78 is 0. The zero-order chi connectivity index (χ0) is 8.93. The molecule has 1 aromatic heterocycles. The SMILES string of the molecule is [c]1ncccc1N1CCCCCN1. The molecule has 0 aliphatic carbocycles. The lowest BCUT2D eigenvalue weighted by molar-refractivity contribution is 0.659. The molecule has 1 N–H and O–H groups in total. The van der Waals surface area contributed by atoms with Gasteiger partial charge in [0.15, 0.2) is 0 Å². The molecule has 1 fully saturated rings. The highest BCUT2D eigenvalue weighted by molar-refractivity contribution is 5.41. The van der Waals surface area contributed by atoms with Gasteiger partial charge in [-0.2, -0.15) is 0 Å². The Morgan fingerprint density at radius 2 is 2.38 bits per heavy atom. The highest BCUT2D eigenvalue weighted by Gasteiger charge is 2.08. The fourth-order valence-corrected chi connectivity index (χ4v) is 1.54. The number of rotatable bonds is 1. The van der Waals surface area contributed by atoms with Crippen LogP contribution in [0.25, 0.3) is 0 Å². The molecule has 3 heteroatoms. The maximum Gasteiger partial charge on any atom is 0.115 e. The third kappa shape index (κ3) is 2.18. The van der Waals surface area contributed by atoms with Crippen LogP contribution < -0.4 is 10.4 Å². The lowest BCUT2D eigenvalue weighted by Gasteiger charge is -2.22. The molecular weight excluding hydrogens is 162 g/mol. The van der Waals surface area contributed by atoms with Gasteiger partial charge in [-0.3, -0.25) is 4.98 Å². The van der Waals surface area contributed by atoms with E-state index >= 15 is 0 Å². The predicted octanol–water partition coefficient (Wildman–Crippen LogP) is 1.38. The Kier molecular flexibility index (Phi) is 2.77. The van der Waals surface area contributed by atoms with Crippen molar-refractivity contribution in [2.75, 3.05) is 18.1 Å². The van der Waals surface area contributed by atoms with Gasteiger partial charge in [0.1, 0.15) is 6.20 Å². The minimum atomic E-state index is 1.05. The molecule has 13 heavy (non-hydrogen) atoms. The molecule has 2 heterocycles. The minimum Gasteiger partial charge on any atom is -0.306 e. The molecule has 0 atom stereocenters. The van der Waals surface area contributed by atoms with E-state index < -0.39 is 0 Å². The Hall–Kier alpha value is -1.09. The summed E-state index contributed by atoms with van der Waals surface area (Å²) in [5.74, 6) is 0. The Balaban J connectivity index is 2.06. The lowest BCUT2D eigenvalue weighted by Crippen LogP contribution is -2.37. The second-order valence-electron chi connectivity index (χ2n) is 3.25. The third-order valence-electron chi connectivity index (χ3n) is 2.25. The Morgan fingerprint density at radius 1 is 1.38 bits per heavy atom. The van der Waals surface area contributed by atoms with Crippen molar-refractivity contribution in [1.29, 1.82) is 0 Å². The van der Waals surface area contributed by atoms with Gasteiger partial charge in [0.05, 0.1) is 5.69 Å². The summed E-state index contributed by atoms with van der Waals surface area (Å²) >= 11 is 0. The third-order valence-corrected chi connectivity index (χ3v) is 2.25. The normalized spacial score (nSPS) is 18.3. The van der Waals surface area contributed by atoms with E-state index in [2.05, 4.69) is 21.6 Å². The van der Waals surface area contributed by atoms with Crippen LogP contribution in [0.15, 0.2) is 18.3 Å². The van der Waals surface area contributed by atoms with E-state index in [1.165, 1.54) is 19.3 Å². The second kappa shape index (κ2) is 4.23. The molecule has 0 spiro atoms. The van der Waals surface area contributed by atoms with E-state index in [0.29, 0.717) is 0 Å². The molecule has 1 radical (unpaired) electrons. The molecule has 0 bridgehead atoms. The summed E-state index contributed by atoms with van der Waals surface area (Å²) in [5.41, 5.74) is 4.41. The highest BCUT2D eigenvalue weighted by atomic mass is 15.5. The van der Waals surface area contributed by atoms with Gasteiger partial charge in [0, 0.05) is 19.3 Å². The van der Waals surface area contributed by atoms with Crippen LogP contribution in [0.2, 0.25) is 0 Å². The molecule has 1 saturated heterocycles. The van der Waals surface area contributed by atoms with Gasteiger partial charge in [-0.15, -0.1) is 0 Å². The summed E-state index contributed by atoms with van der Waals surface area (Å²) in [5, 5.41) is 2.14. The molecule has 3 nitrogen and oxygen atoms in total. The van der Waals surface area contributed by atoms with Gasteiger partial charge in [-0.05, 0) is 25.0 Å². The molecule has 0 unspecified atom stereocenters. The van der Waals surface area contributed by atoms with Gasteiger partial charge < -0.3 is 5.01 Å². The first-order valence-electron chi connectivity index (χ1n) is 4.80. The maximum atomic E-state index is 3.98. The first-order chi connectivity index (χ1) is 6.47. The standard InChI is InChI=1S/C10H14N3/c1-2-7-12-13(8-3-1)10-5-4-6-11-9-10/h4-6,12H,1-3,7-8H2. The monoisotopic (exact) mass is 176 g/mol. The van der Waals surface area contributed by atoms with E-state index in [-0.39, 0.29) is 0 Å². The van der Waals surface area contributed by atoms with Crippen LogP contribution in [0.5, 0.6) is 0 Å². The topological polar surface area (TPSA) is 28.2 Å². The molecule has 2 rings (SSSR count). The number of anilines is 1. The molecule has 1 aliphatic rings. The van der Waals surface area contributed by atoms with Crippen molar-refractivity contribution < 1.29 is 0 Å². The zero-order valence-corrected chi connectivity index (χ0v) is 7.66. The molecule has 1 aromatic rings. The smallest absolute Gasteiger partial charge is 0.115 e. The second-order valence-corrected chi connectivity index (χ2v) is 3.25. The van der Waals surface area contributed by atoms with Gasteiger partial charge >= 0.3 is 0 Å². The summed E-state index contributed by atoms with van der Waals surface area (Å²) in [7, 11) is 0. The number of hydrogen-bond acceptors (Lipinski definition) is 3. The number of aromatic nitrogens is 1. The van der Waals surface area contributed by atoms with Crippen molar-refractivity contribution in [3.8, 4) is 0 Å². The number of nitrogens with one attached hydrogen (secondary N) is 1. The average molecular weight is 176 g/mol.